The van der Waals surface area contributed by atoms with Crippen molar-refractivity contribution in [2.24, 2.45) is 0 Å². The van der Waals surface area contributed by atoms with E-state index in [1.165, 1.54) is 11.3 Å². The number of rotatable bonds is 8. The van der Waals surface area contributed by atoms with Crippen molar-refractivity contribution >= 4 is 44.2 Å². The van der Waals surface area contributed by atoms with E-state index in [0.717, 1.165) is 8.79 Å². The quantitative estimate of drug-likeness (QED) is 0.718. The summed E-state index contributed by atoms with van der Waals surface area (Å²) in [5.41, 5.74) is 0. The minimum atomic E-state index is -0.551. The van der Waals surface area contributed by atoms with Gasteiger partial charge >= 0.3 is 11.9 Å². The fraction of sp³-hybridized carbons (Fsp3) is 0.538. The summed E-state index contributed by atoms with van der Waals surface area (Å²) in [6.45, 7) is 4.16. The maximum atomic E-state index is 11.9. The van der Waals surface area contributed by atoms with Gasteiger partial charge in [0.25, 0.3) is 0 Å². The van der Waals surface area contributed by atoms with E-state index in [0.29, 0.717) is 19.6 Å². The molecule has 0 saturated carbocycles. The molecule has 0 radical (unpaired) electrons. The van der Waals surface area contributed by atoms with Crippen LogP contribution in [0.3, 0.4) is 0 Å². The summed E-state index contributed by atoms with van der Waals surface area (Å²) >= 11 is 4.84. The first-order valence-corrected chi connectivity index (χ1v) is 8.01. The summed E-state index contributed by atoms with van der Waals surface area (Å²) in [5, 5.41) is 3.93. The number of nitrogens with one attached hydrogen (secondary N) is 1. The summed E-state index contributed by atoms with van der Waals surface area (Å²) < 4.78 is 10.8. The third-order valence-corrected chi connectivity index (χ3v) is 3.96. The van der Waals surface area contributed by atoms with E-state index >= 15 is 0 Å². The molecule has 1 atom stereocenters. The van der Waals surface area contributed by atoms with Crippen molar-refractivity contribution in [3.8, 4) is 0 Å². The highest BCUT2D eigenvalue weighted by Gasteiger charge is 2.21. The van der Waals surface area contributed by atoms with Crippen LogP contribution in [0.25, 0.3) is 0 Å². The maximum Gasteiger partial charge on any atom is 0.328 e. The number of carbonyl (C=O) groups is 2. The average Bonchev–Trinajstić information content (AvgIpc) is 2.80. The molecule has 0 amide bonds. The average molecular weight is 364 g/mol. The lowest BCUT2D eigenvalue weighted by Gasteiger charge is -2.16. The van der Waals surface area contributed by atoms with Crippen molar-refractivity contribution in [3.63, 3.8) is 0 Å². The highest BCUT2D eigenvalue weighted by Crippen LogP contribution is 2.27. The van der Waals surface area contributed by atoms with E-state index in [2.05, 4.69) is 21.2 Å². The summed E-state index contributed by atoms with van der Waals surface area (Å²) in [4.78, 5) is 23.3. The Hall–Kier alpha value is -1.08. The molecule has 1 aromatic rings. The SMILES string of the molecule is CCOC(=O)CC[C@H](Nc1ccc(Br)s1)C(=O)OCC. The van der Waals surface area contributed by atoms with Gasteiger partial charge in [0.05, 0.1) is 22.0 Å². The first-order valence-electron chi connectivity index (χ1n) is 6.41. The van der Waals surface area contributed by atoms with E-state index in [9.17, 15) is 9.59 Å². The summed E-state index contributed by atoms with van der Waals surface area (Å²) in [7, 11) is 0. The number of hydrogen-bond acceptors (Lipinski definition) is 6. The third-order valence-electron chi connectivity index (χ3n) is 2.40. The molecule has 5 nitrogen and oxygen atoms in total. The topological polar surface area (TPSA) is 64.6 Å². The minimum absolute atomic E-state index is 0.177. The zero-order valence-electron chi connectivity index (χ0n) is 11.5. The maximum absolute atomic E-state index is 11.9. The summed E-state index contributed by atoms with van der Waals surface area (Å²) in [6.07, 6.45) is 0.518. The molecule has 0 aliphatic carbocycles. The van der Waals surface area contributed by atoms with Crippen molar-refractivity contribution < 1.29 is 19.1 Å². The smallest absolute Gasteiger partial charge is 0.328 e. The van der Waals surface area contributed by atoms with Crippen molar-refractivity contribution in [2.45, 2.75) is 32.7 Å². The van der Waals surface area contributed by atoms with Crippen LogP contribution in [0, 0.1) is 0 Å². The van der Waals surface area contributed by atoms with Crippen LogP contribution >= 0.6 is 27.3 Å². The number of thiophene rings is 1. The molecular formula is C13H18BrNO4S. The minimum Gasteiger partial charge on any atom is -0.466 e. The lowest BCUT2D eigenvalue weighted by Crippen LogP contribution is -2.32. The van der Waals surface area contributed by atoms with Crippen LogP contribution in [-0.4, -0.2) is 31.2 Å². The van der Waals surface area contributed by atoms with Gasteiger partial charge in [-0.3, -0.25) is 4.79 Å². The first-order chi connectivity index (χ1) is 9.56. The Balaban J connectivity index is 2.60. The second-order valence-electron chi connectivity index (χ2n) is 3.90. The van der Waals surface area contributed by atoms with Crippen LogP contribution in [-0.2, 0) is 19.1 Å². The van der Waals surface area contributed by atoms with Gasteiger partial charge in [0.1, 0.15) is 6.04 Å². The van der Waals surface area contributed by atoms with Crippen molar-refractivity contribution in [3.05, 3.63) is 15.9 Å². The molecule has 1 rings (SSSR count). The van der Waals surface area contributed by atoms with E-state index in [1.807, 2.05) is 12.1 Å². The highest BCUT2D eigenvalue weighted by molar-refractivity contribution is 9.11. The molecule has 0 unspecified atom stereocenters. The number of carbonyl (C=O) groups excluding carboxylic acids is 2. The number of anilines is 1. The molecule has 0 fully saturated rings. The Morgan fingerprint density at radius 2 is 2.00 bits per heavy atom. The van der Waals surface area contributed by atoms with Gasteiger partial charge in [0.15, 0.2) is 0 Å². The molecule has 1 aromatic heterocycles. The summed E-state index contributed by atoms with van der Waals surface area (Å²) in [6, 6.07) is 3.20. The third kappa shape index (κ3) is 5.92. The van der Waals surface area contributed by atoms with E-state index in [1.54, 1.807) is 13.8 Å². The number of hydrogen-bond donors (Lipinski definition) is 1. The Labute approximate surface area is 130 Å². The molecular weight excluding hydrogens is 346 g/mol. The van der Waals surface area contributed by atoms with Gasteiger partial charge in [-0.1, -0.05) is 0 Å². The van der Waals surface area contributed by atoms with Crippen LogP contribution in [0.2, 0.25) is 0 Å². The van der Waals surface area contributed by atoms with E-state index < -0.39 is 6.04 Å². The monoisotopic (exact) mass is 363 g/mol. The molecule has 0 aliphatic heterocycles. The van der Waals surface area contributed by atoms with Crippen LogP contribution < -0.4 is 5.32 Å². The van der Waals surface area contributed by atoms with Gasteiger partial charge in [-0.2, -0.15) is 0 Å². The fourth-order valence-electron chi connectivity index (χ4n) is 1.55. The predicted octanol–water partition coefficient (Wildman–Crippen LogP) is 3.20. The Morgan fingerprint density at radius 1 is 1.30 bits per heavy atom. The molecule has 20 heavy (non-hydrogen) atoms. The zero-order chi connectivity index (χ0) is 15.0. The van der Waals surface area contributed by atoms with Gasteiger partial charge < -0.3 is 14.8 Å². The molecule has 7 heteroatoms. The van der Waals surface area contributed by atoms with Gasteiger partial charge in [0, 0.05) is 6.42 Å². The van der Waals surface area contributed by atoms with Crippen LogP contribution in [0.4, 0.5) is 5.00 Å². The largest absolute Gasteiger partial charge is 0.466 e. The van der Waals surface area contributed by atoms with Gasteiger partial charge in [-0.05, 0) is 48.3 Å². The van der Waals surface area contributed by atoms with Gasteiger partial charge in [0.2, 0.25) is 0 Å². The Morgan fingerprint density at radius 3 is 2.55 bits per heavy atom. The second kappa shape index (κ2) is 8.97. The zero-order valence-corrected chi connectivity index (χ0v) is 13.9. The van der Waals surface area contributed by atoms with Crippen LogP contribution in [0.5, 0.6) is 0 Å². The Bertz CT molecular complexity index is 449. The predicted molar refractivity (Wildman–Crippen MR) is 81.9 cm³/mol. The van der Waals surface area contributed by atoms with E-state index in [4.69, 9.17) is 9.47 Å². The second-order valence-corrected chi connectivity index (χ2v) is 6.36. The molecule has 0 bridgehead atoms. The molecule has 0 spiro atoms. The molecule has 0 aliphatic rings. The molecule has 0 aromatic carbocycles. The summed E-state index contributed by atoms with van der Waals surface area (Å²) in [5.74, 6) is -0.669. The van der Waals surface area contributed by atoms with Crippen LogP contribution in [0.15, 0.2) is 15.9 Å². The lowest BCUT2D eigenvalue weighted by atomic mass is 10.1. The molecule has 1 N–H and O–H groups in total. The highest BCUT2D eigenvalue weighted by atomic mass is 79.9. The molecule has 0 saturated heterocycles. The fourth-order valence-corrected chi connectivity index (χ4v) is 2.89. The number of ether oxygens (including phenoxy) is 2. The lowest BCUT2D eigenvalue weighted by molar-refractivity contribution is -0.145. The molecule has 1 heterocycles. The Kier molecular flexibility index (Phi) is 7.61. The van der Waals surface area contributed by atoms with Gasteiger partial charge in [-0.15, -0.1) is 11.3 Å². The van der Waals surface area contributed by atoms with E-state index in [-0.39, 0.29) is 18.4 Å². The first kappa shape index (κ1) is 17.0. The normalized spacial score (nSPS) is 11.8. The van der Waals surface area contributed by atoms with Gasteiger partial charge in [-0.25, -0.2) is 4.79 Å². The number of halogens is 1. The molecule has 112 valence electrons. The van der Waals surface area contributed by atoms with Crippen LogP contribution in [0.1, 0.15) is 26.7 Å². The van der Waals surface area contributed by atoms with Crippen molar-refractivity contribution in [2.75, 3.05) is 18.5 Å². The van der Waals surface area contributed by atoms with Crippen molar-refractivity contribution in [1.82, 2.24) is 0 Å². The standard InChI is InChI=1S/C13H18BrNO4S/c1-3-18-12(16)8-5-9(13(17)19-4-2)15-11-7-6-10(14)20-11/h6-7,9,15H,3-5,8H2,1-2H3/t9-/m0/s1. The number of esters is 2. The van der Waals surface area contributed by atoms with Crippen molar-refractivity contribution in [1.29, 1.82) is 0 Å².